The van der Waals surface area contributed by atoms with Crippen LogP contribution in [0.2, 0.25) is 0 Å². The van der Waals surface area contributed by atoms with Gasteiger partial charge in [-0.2, -0.15) is 0 Å². The number of nitrogens with one attached hydrogen (secondary N) is 1. The maximum Gasteiger partial charge on any atom is 0.256 e. The van der Waals surface area contributed by atoms with Crippen molar-refractivity contribution in [3.8, 4) is 11.5 Å². The molecule has 1 amide bonds. The summed E-state index contributed by atoms with van der Waals surface area (Å²) in [4.78, 5) is 18.5. The molecule has 0 aliphatic heterocycles. The number of hydrogen-bond donors (Lipinski definition) is 1. The second kappa shape index (κ2) is 9.35. The van der Waals surface area contributed by atoms with E-state index < -0.39 is 0 Å². The smallest absolute Gasteiger partial charge is 0.256 e. The van der Waals surface area contributed by atoms with Crippen molar-refractivity contribution in [3.05, 3.63) is 77.0 Å². The molecule has 4 rings (SSSR count). The Morgan fingerprint density at radius 3 is 2.59 bits per heavy atom. The van der Waals surface area contributed by atoms with E-state index in [0.29, 0.717) is 18.0 Å². The molecule has 0 radical (unpaired) electrons. The molecule has 6 heteroatoms. The van der Waals surface area contributed by atoms with Crippen LogP contribution in [0.25, 0.3) is 0 Å². The molecule has 1 atom stereocenters. The lowest BCUT2D eigenvalue weighted by Crippen LogP contribution is -2.22. The first kappa shape index (κ1) is 22.4. The van der Waals surface area contributed by atoms with Gasteiger partial charge >= 0.3 is 0 Å². The lowest BCUT2D eigenvalue weighted by Gasteiger charge is -2.22. The molecule has 1 heterocycles. The highest BCUT2D eigenvalue weighted by Gasteiger charge is 2.36. The highest BCUT2D eigenvalue weighted by Crippen LogP contribution is 2.43. The fourth-order valence-electron chi connectivity index (χ4n) is 4.18. The number of anilines is 1. The number of aryl methyl sites for hydroxylation is 1. The number of methoxy groups -OCH3 is 1. The Hall–Kier alpha value is -2.83. The predicted molar refractivity (Wildman–Crippen MR) is 129 cm³/mol. The third-order valence-electron chi connectivity index (χ3n) is 5.72. The van der Waals surface area contributed by atoms with E-state index in [1.807, 2.05) is 55.6 Å². The van der Waals surface area contributed by atoms with Gasteiger partial charge in [0.2, 0.25) is 0 Å². The predicted octanol–water partition coefficient (Wildman–Crippen LogP) is 5.91. The minimum absolute atomic E-state index is 0.0223. The lowest BCUT2D eigenvalue weighted by molar-refractivity contribution is 0.0988. The van der Waals surface area contributed by atoms with Gasteiger partial charge in [0.15, 0.2) is 0 Å². The number of carbonyl (C=O) groups is 1. The van der Waals surface area contributed by atoms with Crippen molar-refractivity contribution in [2.45, 2.75) is 31.6 Å². The molecular formula is C26H28N2O3S. The summed E-state index contributed by atoms with van der Waals surface area (Å²) in [7, 11) is 1.73. The van der Waals surface area contributed by atoms with E-state index in [1.165, 1.54) is 4.90 Å². The van der Waals surface area contributed by atoms with Crippen molar-refractivity contribution in [2.75, 3.05) is 25.3 Å². The Bertz CT molecular complexity index is 1110. The van der Waals surface area contributed by atoms with Crippen LogP contribution in [0.4, 0.5) is 5.82 Å². The molecule has 0 spiro atoms. The van der Waals surface area contributed by atoms with Gasteiger partial charge in [0.05, 0.1) is 6.61 Å². The highest BCUT2D eigenvalue weighted by molar-refractivity contribution is 7.98. The van der Waals surface area contributed by atoms with Crippen LogP contribution < -0.4 is 10.1 Å². The van der Waals surface area contributed by atoms with Gasteiger partial charge in [0, 0.05) is 23.8 Å². The van der Waals surface area contributed by atoms with E-state index in [-0.39, 0.29) is 11.3 Å². The van der Waals surface area contributed by atoms with E-state index in [4.69, 9.17) is 9.47 Å². The number of pyridine rings is 1. The number of carbonyl (C=O) groups excluding carboxylic acids is 1. The van der Waals surface area contributed by atoms with E-state index >= 15 is 0 Å². The number of rotatable bonds is 7. The Balaban J connectivity index is 1.66. The van der Waals surface area contributed by atoms with Gasteiger partial charge in [0.1, 0.15) is 17.3 Å². The van der Waals surface area contributed by atoms with Gasteiger partial charge in [-0.3, -0.25) is 4.79 Å². The van der Waals surface area contributed by atoms with Crippen molar-refractivity contribution in [3.63, 3.8) is 0 Å². The number of nitrogens with zero attached hydrogens (tertiary/aromatic N) is 1. The Kier molecular flexibility index (Phi) is 6.53. The van der Waals surface area contributed by atoms with Crippen LogP contribution in [0.15, 0.2) is 59.6 Å². The molecule has 0 bridgehead atoms. The van der Waals surface area contributed by atoms with Gasteiger partial charge in [-0.1, -0.05) is 13.0 Å². The molecule has 1 N–H and O–H groups in total. The first-order valence-corrected chi connectivity index (χ1v) is 11.8. The minimum atomic E-state index is -0.202. The van der Waals surface area contributed by atoms with E-state index in [2.05, 4.69) is 17.2 Å². The van der Waals surface area contributed by atoms with Crippen LogP contribution in [0, 0.1) is 12.3 Å². The number of hydrogen-bond acceptors (Lipinski definition) is 5. The Labute approximate surface area is 193 Å². The van der Waals surface area contributed by atoms with E-state index in [0.717, 1.165) is 41.0 Å². The summed E-state index contributed by atoms with van der Waals surface area (Å²) in [6.07, 6.45) is 5.46. The third kappa shape index (κ3) is 4.97. The number of thioether (sulfide) groups is 1. The summed E-state index contributed by atoms with van der Waals surface area (Å²) >= 11 is 1.69. The van der Waals surface area contributed by atoms with E-state index in [1.54, 1.807) is 31.1 Å². The molecule has 1 unspecified atom stereocenters. The molecule has 3 aromatic rings. The van der Waals surface area contributed by atoms with Gasteiger partial charge in [-0.15, -0.1) is 11.8 Å². The molecule has 1 aliphatic rings. The Morgan fingerprint density at radius 2 is 1.94 bits per heavy atom. The molecular weight excluding hydrogens is 420 g/mol. The van der Waals surface area contributed by atoms with Crippen molar-refractivity contribution in [2.24, 2.45) is 5.41 Å². The lowest BCUT2D eigenvalue weighted by atomic mass is 9.88. The summed E-state index contributed by atoms with van der Waals surface area (Å²) in [5.41, 5.74) is 3.85. The topological polar surface area (TPSA) is 60.5 Å². The van der Waals surface area contributed by atoms with Crippen LogP contribution in [-0.2, 0) is 17.6 Å². The Morgan fingerprint density at radius 1 is 1.16 bits per heavy atom. The normalized spacial score (nSPS) is 17.1. The largest absolute Gasteiger partial charge is 0.457 e. The summed E-state index contributed by atoms with van der Waals surface area (Å²) in [6, 6.07) is 15.5. The number of fused-ring (bicyclic) bond motifs is 1. The van der Waals surface area contributed by atoms with Crippen LogP contribution >= 0.6 is 11.8 Å². The number of benzene rings is 2. The zero-order valence-corrected chi connectivity index (χ0v) is 19.7. The second-order valence-electron chi connectivity index (χ2n) is 8.66. The van der Waals surface area contributed by atoms with E-state index in [9.17, 15) is 4.79 Å². The summed E-state index contributed by atoms with van der Waals surface area (Å²) in [5.74, 6) is 1.80. The van der Waals surface area contributed by atoms with Crippen molar-refractivity contribution in [1.82, 2.24) is 4.98 Å². The third-order valence-corrected chi connectivity index (χ3v) is 6.46. The molecule has 0 saturated carbocycles. The van der Waals surface area contributed by atoms with Crippen molar-refractivity contribution >= 4 is 23.5 Å². The first-order valence-electron chi connectivity index (χ1n) is 10.6. The molecule has 2 aromatic carbocycles. The maximum absolute atomic E-state index is 13.0. The van der Waals surface area contributed by atoms with Gasteiger partial charge in [-0.05, 0) is 90.6 Å². The zero-order valence-electron chi connectivity index (χ0n) is 18.9. The highest BCUT2D eigenvalue weighted by atomic mass is 32.2. The van der Waals surface area contributed by atoms with Gasteiger partial charge in [0.25, 0.3) is 5.91 Å². The number of ether oxygens (including phenoxy) is 2. The van der Waals surface area contributed by atoms with Crippen LogP contribution in [0.3, 0.4) is 0 Å². The van der Waals surface area contributed by atoms with Crippen LogP contribution in [0.1, 0.15) is 34.0 Å². The fourth-order valence-corrected chi connectivity index (χ4v) is 4.59. The quantitative estimate of drug-likeness (QED) is 0.456. The summed E-state index contributed by atoms with van der Waals surface area (Å²) < 4.78 is 11.8. The van der Waals surface area contributed by atoms with Gasteiger partial charge < -0.3 is 14.8 Å². The monoisotopic (exact) mass is 448 g/mol. The number of amides is 1. The van der Waals surface area contributed by atoms with Crippen molar-refractivity contribution in [1.29, 1.82) is 0 Å². The van der Waals surface area contributed by atoms with Crippen LogP contribution in [0.5, 0.6) is 11.5 Å². The van der Waals surface area contributed by atoms with Crippen molar-refractivity contribution < 1.29 is 14.3 Å². The second-order valence-corrected chi connectivity index (χ2v) is 9.54. The fraction of sp³-hybridized carbons (Fsp3) is 0.308. The van der Waals surface area contributed by atoms with Crippen LogP contribution in [-0.4, -0.2) is 30.9 Å². The average molecular weight is 449 g/mol. The molecule has 5 nitrogen and oxygen atoms in total. The average Bonchev–Trinajstić information content (AvgIpc) is 3.12. The molecule has 32 heavy (non-hydrogen) atoms. The molecule has 1 aliphatic carbocycles. The maximum atomic E-state index is 13.0. The number of aromatic nitrogens is 1. The summed E-state index contributed by atoms with van der Waals surface area (Å²) in [6.45, 7) is 4.83. The molecule has 166 valence electrons. The molecule has 0 fully saturated rings. The SMILES string of the molecule is COCC1(C)Cc2cc(C(=O)Nc3ccc(C)cn3)cc(Oc3ccc(SC)cc3)c2C1. The standard InChI is InChI=1S/C26H28N2O3S/c1-17-5-10-24(27-15-17)28-25(29)18-11-19-13-26(2,16-30-3)14-22(19)23(12-18)31-20-6-8-21(32-4)9-7-20/h5-12,15H,13-14,16H2,1-4H3,(H,27,28,29). The minimum Gasteiger partial charge on any atom is -0.457 e. The first-order chi connectivity index (χ1) is 15.4. The summed E-state index contributed by atoms with van der Waals surface area (Å²) in [5, 5.41) is 2.90. The van der Waals surface area contributed by atoms with Gasteiger partial charge in [-0.25, -0.2) is 4.98 Å². The molecule has 0 saturated heterocycles. The zero-order chi connectivity index (χ0) is 22.7. The molecule has 1 aromatic heterocycles.